The van der Waals surface area contributed by atoms with E-state index in [1.54, 1.807) is 12.1 Å². The van der Waals surface area contributed by atoms with Gasteiger partial charge in [-0.2, -0.15) is 0 Å². The number of halogens is 1. The second-order valence-corrected chi connectivity index (χ2v) is 8.70. The molecule has 3 heteroatoms. The summed E-state index contributed by atoms with van der Waals surface area (Å²) in [7, 11) is 0. The molecule has 3 aliphatic heterocycles. The van der Waals surface area contributed by atoms with Crippen LogP contribution in [-0.4, -0.2) is 42.0 Å². The monoisotopic (exact) mass is 366 g/mol. The van der Waals surface area contributed by atoms with Crippen molar-refractivity contribution in [2.45, 2.75) is 39.3 Å². The molecule has 27 heavy (non-hydrogen) atoms. The summed E-state index contributed by atoms with van der Waals surface area (Å²) in [5.74, 6) is 1.26. The summed E-state index contributed by atoms with van der Waals surface area (Å²) in [5, 5.41) is 0. The maximum absolute atomic E-state index is 14.1. The molecule has 3 heterocycles. The predicted molar refractivity (Wildman–Crippen MR) is 110 cm³/mol. The van der Waals surface area contributed by atoms with Gasteiger partial charge >= 0.3 is 0 Å². The largest absolute Gasteiger partial charge is 0.302 e. The van der Waals surface area contributed by atoms with Gasteiger partial charge in [0.25, 0.3) is 0 Å². The fourth-order valence-electron chi connectivity index (χ4n) is 4.94. The van der Waals surface area contributed by atoms with E-state index in [0.29, 0.717) is 12.0 Å². The zero-order chi connectivity index (χ0) is 18.8. The van der Waals surface area contributed by atoms with Gasteiger partial charge in [-0.15, -0.1) is 0 Å². The van der Waals surface area contributed by atoms with Crippen molar-refractivity contribution in [3.8, 4) is 11.1 Å². The van der Waals surface area contributed by atoms with E-state index in [4.69, 9.17) is 0 Å². The Hall–Kier alpha value is -1.71. The van der Waals surface area contributed by atoms with E-state index in [2.05, 4.69) is 47.9 Å². The minimum atomic E-state index is -0.136. The Bertz CT molecular complexity index is 750. The number of fused-ring (bicyclic) bond motifs is 3. The van der Waals surface area contributed by atoms with Crippen molar-refractivity contribution in [1.29, 1.82) is 0 Å². The molecule has 144 valence electrons. The van der Waals surface area contributed by atoms with Crippen LogP contribution >= 0.6 is 0 Å². The van der Waals surface area contributed by atoms with Gasteiger partial charge in [-0.3, -0.25) is 4.90 Å². The van der Waals surface area contributed by atoms with Crippen molar-refractivity contribution in [3.05, 3.63) is 59.9 Å². The number of rotatable bonds is 6. The van der Waals surface area contributed by atoms with E-state index in [0.717, 1.165) is 30.1 Å². The van der Waals surface area contributed by atoms with E-state index in [-0.39, 0.29) is 5.82 Å². The van der Waals surface area contributed by atoms with E-state index in [1.807, 2.05) is 12.1 Å². The summed E-state index contributed by atoms with van der Waals surface area (Å²) in [6.07, 6.45) is 2.63. The fourth-order valence-corrected chi connectivity index (χ4v) is 4.94. The molecule has 2 nitrogen and oxygen atoms in total. The molecular weight excluding hydrogens is 335 g/mol. The van der Waals surface area contributed by atoms with Crippen molar-refractivity contribution in [3.63, 3.8) is 0 Å². The van der Waals surface area contributed by atoms with Gasteiger partial charge in [-0.05, 0) is 66.6 Å². The Morgan fingerprint density at radius 2 is 1.81 bits per heavy atom. The Labute approximate surface area is 163 Å². The first-order valence-electron chi connectivity index (χ1n) is 10.4. The molecule has 0 amide bonds. The number of benzene rings is 2. The van der Waals surface area contributed by atoms with Crippen molar-refractivity contribution < 1.29 is 4.39 Å². The lowest BCUT2D eigenvalue weighted by molar-refractivity contribution is -0.00335. The van der Waals surface area contributed by atoms with Crippen molar-refractivity contribution in [2.75, 3.05) is 26.2 Å². The first-order valence-corrected chi connectivity index (χ1v) is 10.4. The molecule has 0 saturated carbocycles. The van der Waals surface area contributed by atoms with Crippen LogP contribution in [0.15, 0.2) is 48.5 Å². The fraction of sp³-hybridized carbons (Fsp3) is 0.500. The standard InChI is InChI=1S/C24H31FN2/c1-18(2)15-27(24-17-26-12-10-20(24)11-13-26)16-21-14-22(25)8-9-23(21)19-6-4-3-5-7-19/h3-9,14,18,20,24H,10-13,15-17H2,1-2H3/t24-/m1/s1. The molecule has 3 aliphatic rings. The molecule has 0 aromatic heterocycles. The molecule has 5 rings (SSSR count). The van der Waals surface area contributed by atoms with E-state index < -0.39 is 0 Å². The second-order valence-electron chi connectivity index (χ2n) is 8.70. The molecule has 2 bridgehead atoms. The van der Waals surface area contributed by atoms with Crippen LogP contribution in [0.4, 0.5) is 4.39 Å². The van der Waals surface area contributed by atoms with Crippen LogP contribution < -0.4 is 0 Å². The lowest BCUT2D eigenvalue weighted by Crippen LogP contribution is -2.57. The van der Waals surface area contributed by atoms with Gasteiger partial charge in [-0.1, -0.05) is 50.2 Å². The van der Waals surface area contributed by atoms with E-state index in [9.17, 15) is 4.39 Å². The van der Waals surface area contributed by atoms with Gasteiger partial charge in [0.15, 0.2) is 0 Å². The van der Waals surface area contributed by atoms with Crippen LogP contribution in [0.3, 0.4) is 0 Å². The lowest BCUT2D eigenvalue weighted by atomic mass is 9.82. The van der Waals surface area contributed by atoms with Gasteiger partial charge in [0, 0.05) is 25.7 Å². The Morgan fingerprint density at radius 1 is 1.07 bits per heavy atom. The highest BCUT2D eigenvalue weighted by Gasteiger charge is 2.37. The summed E-state index contributed by atoms with van der Waals surface area (Å²) >= 11 is 0. The Kier molecular flexibility index (Phi) is 5.60. The summed E-state index contributed by atoms with van der Waals surface area (Å²) in [6, 6.07) is 16.3. The van der Waals surface area contributed by atoms with Gasteiger partial charge in [0.05, 0.1) is 0 Å². The summed E-state index contributed by atoms with van der Waals surface area (Å²) in [4.78, 5) is 5.25. The summed E-state index contributed by atoms with van der Waals surface area (Å²) in [5.41, 5.74) is 3.44. The molecular formula is C24H31FN2. The van der Waals surface area contributed by atoms with Gasteiger partial charge in [0.1, 0.15) is 5.82 Å². The topological polar surface area (TPSA) is 6.48 Å². The second kappa shape index (κ2) is 8.12. The molecule has 1 atom stereocenters. The van der Waals surface area contributed by atoms with Crippen molar-refractivity contribution in [2.24, 2.45) is 11.8 Å². The number of nitrogens with zero attached hydrogens (tertiary/aromatic N) is 2. The van der Waals surface area contributed by atoms with Gasteiger partial charge in [-0.25, -0.2) is 4.39 Å². The first-order chi connectivity index (χ1) is 13.1. The highest BCUT2D eigenvalue weighted by molar-refractivity contribution is 5.67. The maximum atomic E-state index is 14.1. The number of piperidine rings is 3. The third-order valence-corrected chi connectivity index (χ3v) is 6.22. The number of hydrogen-bond acceptors (Lipinski definition) is 2. The Balaban J connectivity index is 1.64. The SMILES string of the molecule is CC(C)CN(Cc1cc(F)ccc1-c1ccccc1)[C@@H]1CN2CCC1CC2. The third kappa shape index (κ3) is 4.25. The number of hydrogen-bond donors (Lipinski definition) is 0. The molecule has 3 fully saturated rings. The van der Waals surface area contributed by atoms with Crippen LogP contribution in [0.25, 0.3) is 11.1 Å². The summed E-state index contributed by atoms with van der Waals surface area (Å²) < 4.78 is 14.1. The molecule has 3 saturated heterocycles. The molecule has 0 unspecified atom stereocenters. The van der Waals surface area contributed by atoms with Crippen LogP contribution in [-0.2, 0) is 6.54 Å². The molecule has 0 radical (unpaired) electrons. The van der Waals surface area contributed by atoms with Crippen LogP contribution in [0, 0.1) is 17.7 Å². The average Bonchev–Trinajstić information content (AvgIpc) is 2.69. The predicted octanol–water partition coefficient (Wildman–Crippen LogP) is 5.04. The van der Waals surface area contributed by atoms with E-state index in [1.165, 1.54) is 38.0 Å². The minimum absolute atomic E-state index is 0.136. The maximum Gasteiger partial charge on any atom is 0.123 e. The van der Waals surface area contributed by atoms with Gasteiger partial charge < -0.3 is 4.90 Å². The zero-order valence-corrected chi connectivity index (χ0v) is 16.6. The van der Waals surface area contributed by atoms with Crippen LogP contribution in [0.1, 0.15) is 32.3 Å². The normalized spacial score (nSPS) is 24.7. The molecule has 0 spiro atoms. The van der Waals surface area contributed by atoms with E-state index >= 15 is 0 Å². The highest BCUT2D eigenvalue weighted by atomic mass is 19.1. The summed E-state index contributed by atoms with van der Waals surface area (Å²) in [6.45, 7) is 10.2. The van der Waals surface area contributed by atoms with Crippen LogP contribution in [0.5, 0.6) is 0 Å². The lowest BCUT2D eigenvalue weighted by Gasteiger charge is -2.49. The first kappa shape index (κ1) is 18.6. The van der Waals surface area contributed by atoms with Crippen LogP contribution in [0.2, 0.25) is 0 Å². The third-order valence-electron chi connectivity index (χ3n) is 6.22. The van der Waals surface area contributed by atoms with Crippen molar-refractivity contribution >= 4 is 0 Å². The Morgan fingerprint density at radius 3 is 2.44 bits per heavy atom. The van der Waals surface area contributed by atoms with Gasteiger partial charge in [0.2, 0.25) is 0 Å². The molecule has 0 aliphatic carbocycles. The molecule has 2 aromatic rings. The highest BCUT2D eigenvalue weighted by Crippen LogP contribution is 2.33. The molecule has 2 aromatic carbocycles. The van der Waals surface area contributed by atoms with Crippen molar-refractivity contribution in [1.82, 2.24) is 9.80 Å². The average molecular weight is 367 g/mol. The smallest absolute Gasteiger partial charge is 0.123 e. The quantitative estimate of drug-likeness (QED) is 0.706. The zero-order valence-electron chi connectivity index (χ0n) is 16.6. The molecule has 0 N–H and O–H groups in total. The minimum Gasteiger partial charge on any atom is -0.302 e.